The van der Waals surface area contributed by atoms with Crippen LogP contribution in [0.5, 0.6) is 0 Å². The lowest BCUT2D eigenvalue weighted by Crippen LogP contribution is -2.43. The molecule has 0 radical (unpaired) electrons. The van der Waals surface area contributed by atoms with Crippen LogP contribution in [0.3, 0.4) is 0 Å². The Balaban J connectivity index is 1.81. The van der Waals surface area contributed by atoms with E-state index in [-0.39, 0.29) is 18.5 Å². The molecule has 9 nitrogen and oxygen atoms in total. The van der Waals surface area contributed by atoms with Gasteiger partial charge in [-0.1, -0.05) is 30.3 Å². The molecule has 0 saturated carbocycles. The van der Waals surface area contributed by atoms with Gasteiger partial charge in [-0.05, 0) is 18.1 Å². The highest BCUT2D eigenvalue weighted by molar-refractivity contribution is 7.20. The molecule has 0 saturated heterocycles. The van der Waals surface area contributed by atoms with Gasteiger partial charge in [0.15, 0.2) is 0 Å². The zero-order valence-corrected chi connectivity index (χ0v) is 16.5. The third kappa shape index (κ3) is 4.66. The topological polar surface area (TPSA) is 119 Å². The van der Waals surface area contributed by atoms with E-state index < -0.39 is 23.3 Å². The Bertz CT molecular complexity index is 1140. The Labute approximate surface area is 169 Å². The molecule has 150 valence electrons. The number of aromatic nitrogens is 2. The number of esters is 1. The van der Waals surface area contributed by atoms with Gasteiger partial charge < -0.3 is 4.74 Å². The highest BCUT2D eigenvalue weighted by atomic mass is 32.1. The molecule has 1 aromatic carbocycles. The van der Waals surface area contributed by atoms with E-state index in [1.807, 2.05) is 30.3 Å². The standard InChI is InChI=1S/C19H18N4O5S/c1-11-15-17(20-10-23(18(15)26)8-14(25)22-21-12(2)24)29-16(11)19(27)28-9-13-6-4-3-5-7-13/h3-7,10H,8-9H2,1-2H3,(H,21,24)(H,22,25). The monoisotopic (exact) mass is 414 g/mol. The van der Waals surface area contributed by atoms with Gasteiger partial charge in [0.25, 0.3) is 11.5 Å². The summed E-state index contributed by atoms with van der Waals surface area (Å²) in [6, 6.07) is 9.26. The highest BCUT2D eigenvalue weighted by Gasteiger charge is 2.21. The number of rotatable bonds is 5. The lowest BCUT2D eigenvalue weighted by molar-refractivity contribution is -0.128. The molecule has 0 spiro atoms. The quantitative estimate of drug-likeness (QED) is 0.480. The molecule has 0 fully saturated rings. The smallest absolute Gasteiger partial charge is 0.349 e. The van der Waals surface area contributed by atoms with Gasteiger partial charge in [0.1, 0.15) is 22.9 Å². The van der Waals surface area contributed by atoms with Gasteiger partial charge in [-0.2, -0.15) is 0 Å². The van der Waals surface area contributed by atoms with Crippen LogP contribution in [0.25, 0.3) is 10.2 Å². The molecule has 0 aliphatic heterocycles. The molecule has 0 aliphatic carbocycles. The first-order valence-corrected chi connectivity index (χ1v) is 9.43. The third-order valence-corrected chi connectivity index (χ3v) is 5.19. The van der Waals surface area contributed by atoms with Crippen molar-refractivity contribution in [2.24, 2.45) is 0 Å². The summed E-state index contributed by atoms with van der Waals surface area (Å²) < 4.78 is 6.45. The first-order valence-electron chi connectivity index (χ1n) is 8.62. The van der Waals surface area contributed by atoms with Crippen molar-refractivity contribution in [3.8, 4) is 0 Å². The number of hydrogen-bond donors (Lipinski definition) is 2. The molecular formula is C19H18N4O5S. The summed E-state index contributed by atoms with van der Waals surface area (Å²) in [7, 11) is 0. The van der Waals surface area contributed by atoms with Crippen LogP contribution < -0.4 is 16.4 Å². The average Bonchev–Trinajstić information content (AvgIpc) is 3.05. The van der Waals surface area contributed by atoms with Crippen LogP contribution in [-0.4, -0.2) is 27.3 Å². The third-order valence-electron chi connectivity index (χ3n) is 4.01. The minimum absolute atomic E-state index is 0.119. The molecule has 2 amide bonds. The number of ether oxygens (including phenoxy) is 1. The van der Waals surface area contributed by atoms with E-state index >= 15 is 0 Å². The van der Waals surface area contributed by atoms with Gasteiger partial charge in [-0.25, -0.2) is 9.78 Å². The van der Waals surface area contributed by atoms with E-state index in [2.05, 4.69) is 15.8 Å². The molecule has 29 heavy (non-hydrogen) atoms. The molecule has 0 atom stereocenters. The molecular weight excluding hydrogens is 396 g/mol. The van der Waals surface area contributed by atoms with Crippen molar-refractivity contribution < 1.29 is 19.1 Å². The van der Waals surface area contributed by atoms with Crippen molar-refractivity contribution in [3.05, 3.63) is 63.0 Å². The second-order valence-electron chi connectivity index (χ2n) is 6.21. The van der Waals surface area contributed by atoms with Crippen molar-refractivity contribution in [2.75, 3.05) is 0 Å². The van der Waals surface area contributed by atoms with Gasteiger partial charge in [0.2, 0.25) is 5.91 Å². The SMILES string of the molecule is CC(=O)NNC(=O)Cn1cnc2sc(C(=O)OCc3ccccc3)c(C)c2c1=O. The van der Waals surface area contributed by atoms with Crippen molar-refractivity contribution in [1.29, 1.82) is 0 Å². The molecule has 10 heteroatoms. The number of carbonyl (C=O) groups excluding carboxylic acids is 3. The lowest BCUT2D eigenvalue weighted by atomic mass is 10.2. The normalized spacial score (nSPS) is 10.6. The number of hydrazine groups is 1. The Kier molecular flexibility index (Phi) is 6.03. The first-order chi connectivity index (χ1) is 13.9. The number of thiophene rings is 1. The Morgan fingerprint density at radius 3 is 2.59 bits per heavy atom. The van der Waals surface area contributed by atoms with Crippen molar-refractivity contribution in [3.63, 3.8) is 0 Å². The average molecular weight is 414 g/mol. The molecule has 0 unspecified atom stereocenters. The molecule has 2 aromatic heterocycles. The fraction of sp³-hybridized carbons (Fsp3) is 0.211. The van der Waals surface area contributed by atoms with E-state index in [1.165, 1.54) is 13.3 Å². The largest absolute Gasteiger partial charge is 0.457 e. The van der Waals surface area contributed by atoms with E-state index in [4.69, 9.17) is 4.74 Å². The predicted molar refractivity (Wildman–Crippen MR) is 106 cm³/mol. The van der Waals surface area contributed by atoms with Gasteiger partial charge in [-0.15, -0.1) is 11.3 Å². The highest BCUT2D eigenvalue weighted by Crippen LogP contribution is 2.27. The van der Waals surface area contributed by atoms with Crippen LogP contribution in [0, 0.1) is 6.92 Å². The van der Waals surface area contributed by atoms with Gasteiger partial charge in [-0.3, -0.25) is 29.8 Å². The minimum Gasteiger partial charge on any atom is -0.457 e. The molecule has 0 aliphatic rings. The van der Waals surface area contributed by atoms with E-state index in [9.17, 15) is 19.2 Å². The van der Waals surface area contributed by atoms with Crippen LogP contribution in [-0.2, 0) is 27.5 Å². The summed E-state index contributed by atoms with van der Waals surface area (Å²) in [6.07, 6.45) is 1.23. The molecule has 2 heterocycles. The predicted octanol–water partition coefficient (Wildman–Crippen LogP) is 1.29. The van der Waals surface area contributed by atoms with Crippen LogP contribution in [0.15, 0.2) is 41.5 Å². The maximum Gasteiger partial charge on any atom is 0.349 e. The summed E-state index contributed by atoms with van der Waals surface area (Å²) in [6.45, 7) is 2.68. The maximum absolute atomic E-state index is 12.7. The van der Waals surface area contributed by atoms with Crippen LogP contribution >= 0.6 is 11.3 Å². The lowest BCUT2D eigenvalue weighted by Gasteiger charge is -2.07. The minimum atomic E-state index is -0.584. The van der Waals surface area contributed by atoms with Crippen molar-refractivity contribution in [2.45, 2.75) is 27.0 Å². The first kappa shape index (κ1) is 20.2. The zero-order valence-electron chi connectivity index (χ0n) is 15.7. The Hall–Kier alpha value is -3.53. The Morgan fingerprint density at radius 1 is 1.17 bits per heavy atom. The van der Waals surface area contributed by atoms with Gasteiger partial charge in [0.05, 0.1) is 11.7 Å². The molecule has 3 aromatic rings. The number of carbonyl (C=O) groups is 3. The molecule has 2 N–H and O–H groups in total. The summed E-state index contributed by atoms with van der Waals surface area (Å²) in [5.74, 6) is -1.56. The molecule has 0 bridgehead atoms. The second-order valence-corrected chi connectivity index (χ2v) is 7.20. The number of nitrogens with zero attached hydrogens (tertiary/aromatic N) is 2. The number of amides is 2. The van der Waals surface area contributed by atoms with Gasteiger partial charge >= 0.3 is 5.97 Å². The van der Waals surface area contributed by atoms with Crippen LogP contribution in [0.2, 0.25) is 0 Å². The van der Waals surface area contributed by atoms with Crippen LogP contribution in [0.4, 0.5) is 0 Å². The fourth-order valence-electron chi connectivity index (χ4n) is 2.61. The maximum atomic E-state index is 12.7. The van der Waals surface area contributed by atoms with Crippen molar-refractivity contribution in [1.82, 2.24) is 20.4 Å². The fourth-order valence-corrected chi connectivity index (χ4v) is 3.64. The number of hydrogen-bond acceptors (Lipinski definition) is 7. The van der Waals surface area contributed by atoms with E-state index in [0.717, 1.165) is 21.5 Å². The van der Waals surface area contributed by atoms with Gasteiger partial charge in [0, 0.05) is 6.92 Å². The number of benzene rings is 1. The van der Waals surface area contributed by atoms with E-state index in [0.29, 0.717) is 15.3 Å². The summed E-state index contributed by atoms with van der Waals surface area (Å²) in [5, 5.41) is 0.261. The van der Waals surface area contributed by atoms with Crippen LogP contribution in [0.1, 0.15) is 27.7 Å². The summed E-state index contributed by atoms with van der Waals surface area (Å²) >= 11 is 1.07. The Morgan fingerprint density at radius 2 is 1.90 bits per heavy atom. The second kappa shape index (κ2) is 8.65. The zero-order chi connectivity index (χ0) is 21.0. The van der Waals surface area contributed by atoms with E-state index in [1.54, 1.807) is 6.92 Å². The summed E-state index contributed by atoms with van der Waals surface area (Å²) in [5.41, 5.74) is 5.18. The van der Waals surface area contributed by atoms with Crippen molar-refractivity contribution >= 4 is 39.3 Å². The number of fused-ring (bicyclic) bond motifs is 1. The number of aryl methyl sites for hydroxylation is 1. The number of nitrogens with one attached hydrogen (secondary N) is 2. The molecule has 3 rings (SSSR count). The summed E-state index contributed by atoms with van der Waals surface area (Å²) in [4.78, 5) is 52.8.